The first-order valence-electron chi connectivity index (χ1n) is 6.11. The fraction of sp³-hybridized carbons (Fsp3) is 0.200. The first kappa shape index (κ1) is 13.2. The zero-order chi connectivity index (χ0) is 13.7. The van der Waals surface area contributed by atoms with Crippen molar-refractivity contribution in [1.82, 2.24) is 0 Å². The molecule has 0 spiro atoms. The lowest BCUT2D eigenvalue weighted by Gasteiger charge is -2.10. The molecule has 0 atom stereocenters. The molecule has 0 aliphatic rings. The molecule has 0 amide bonds. The van der Waals surface area contributed by atoms with Gasteiger partial charge >= 0.3 is 0 Å². The monoisotopic (exact) mass is 260 g/mol. The van der Waals surface area contributed by atoms with Crippen LogP contribution in [0.1, 0.15) is 5.56 Å². The first-order valence-corrected chi connectivity index (χ1v) is 6.11. The molecule has 0 aromatic heterocycles. The number of hydrogen-bond acceptors (Lipinski definition) is 3. The molecule has 3 N–H and O–H groups in total. The molecule has 0 saturated heterocycles. The summed E-state index contributed by atoms with van der Waals surface area (Å²) < 4.78 is 18.2. The molecule has 0 unspecified atom stereocenters. The molecule has 0 radical (unpaired) electrons. The Hall–Kier alpha value is -2.23. The third kappa shape index (κ3) is 3.61. The van der Waals surface area contributed by atoms with Crippen molar-refractivity contribution in [3.05, 3.63) is 53.8 Å². The lowest BCUT2D eigenvalue weighted by atomic mass is 10.1. The van der Waals surface area contributed by atoms with Gasteiger partial charge < -0.3 is 15.8 Å². The fourth-order valence-electron chi connectivity index (χ4n) is 1.86. The van der Waals surface area contributed by atoms with E-state index < -0.39 is 0 Å². The van der Waals surface area contributed by atoms with E-state index in [2.05, 4.69) is 5.32 Å². The molecule has 19 heavy (non-hydrogen) atoms. The maximum atomic E-state index is 13.0. The predicted molar refractivity (Wildman–Crippen MR) is 76.0 cm³/mol. The van der Waals surface area contributed by atoms with Gasteiger partial charge in [0.05, 0.1) is 12.8 Å². The van der Waals surface area contributed by atoms with Crippen LogP contribution >= 0.6 is 0 Å². The topological polar surface area (TPSA) is 47.3 Å². The van der Waals surface area contributed by atoms with E-state index in [1.807, 2.05) is 18.2 Å². The molecule has 2 aromatic rings. The Balaban J connectivity index is 1.92. The molecule has 0 fully saturated rings. The number of ether oxygens (including phenoxy) is 1. The minimum Gasteiger partial charge on any atom is -0.495 e. The van der Waals surface area contributed by atoms with Crippen LogP contribution in [-0.2, 0) is 6.42 Å². The Kier molecular flexibility index (Phi) is 4.23. The lowest BCUT2D eigenvalue weighted by Crippen LogP contribution is -2.05. The van der Waals surface area contributed by atoms with E-state index in [4.69, 9.17) is 10.5 Å². The van der Waals surface area contributed by atoms with Crippen LogP contribution < -0.4 is 15.8 Å². The predicted octanol–water partition coefficient (Wildman–Crippen LogP) is 3.07. The summed E-state index contributed by atoms with van der Waals surface area (Å²) in [7, 11) is 1.59. The maximum absolute atomic E-state index is 13.0. The molecular weight excluding hydrogens is 243 g/mol. The first-order chi connectivity index (χ1) is 9.19. The summed E-state index contributed by atoms with van der Waals surface area (Å²) in [4.78, 5) is 0. The van der Waals surface area contributed by atoms with Crippen LogP contribution in [0.5, 0.6) is 5.75 Å². The van der Waals surface area contributed by atoms with Crippen molar-refractivity contribution >= 4 is 11.4 Å². The molecule has 0 bridgehead atoms. The average Bonchev–Trinajstić information content (AvgIpc) is 2.41. The van der Waals surface area contributed by atoms with E-state index >= 15 is 0 Å². The summed E-state index contributed by atoms with van der Waals surface area (Å²) in [6, 6.07) is 12.2. The summed E-state index contributed by atoms with van der Waals surface area (Å²) in [6.07, 6.45) is 0.754. The number of halogens is 1. The molecule has 100 valence electrons. The fourth-order valence-corrected chi connectivity index (χ4v) is 1.86. The third-order valence-corrected chi connectivity index (χ3v) is 2.87. The second-order valence-electron chi connectivity index (χ2n) is 4.26. The van der Waals surface area contributed by atoms with Crippen LogP contribution in [0.4, 0.5) is 15.8 Å². The number of anilines is 2. The number of benzene rings is 2. The Morgan fingerprint density at radius 2 is 2.05 bits per heavy atom. The molecule has 0 heterocycles. The molecule has 0 saturated carbocycles. The highest BCUT2D eigenvalue weighted by Crippen LogP contribution is 2.24. The van der Waals surface area contributed by atoms with Gasteiger partial charge in [0.2, 0.25) is 0 Å². The number of nitrogens with one attached hydrogen (secondary N) is 1. The Morgan fingerprint density at radius 1 is 1.21 bits per heavy atom. The van der Waals surface area contributed by atoms with Crippen LogP contribution in [0.3, 0.4) is 0 Å². The molecular formula is C15H17FN2O. The third-order valence-electron chi connectivity index (χ3n) is 2.87. The van der Waals surface area contributed by atoms with Gasteiger partial charge in [-0.15, -0.1) is 0 Å². The second kappa shape index (κ2) is 6.09. The zero-order valence-electron chi connectivity index (χ0n) is 10.8. The van der Waals surface area contributed by atoms with Gasteiger partial charge in [0.1, 0.15) is 11.6 Å². The minimum atomic E-state index is -0.202. The van der Waals surface area contributed by atoms with Crippen molar-refractivity contribution < 1.29 is 9.13 Å². The van der Waals surface area contributed by atoms with E-state index in [-0.39, 0.29) is 5.82 Å². The van der Waals surface area contributed by atoms with Crippen molar-refractivity contribution in [3.8, 4) is 5.75 Å². The number of nitrogen functional groups attached to an aromatic ring is 1. The highest BCUT2D eigenvalue weighted by molar-refractivity contribution is 5.61. The van der Waals surface area contributed by atoms with Crippen molar-refractivity contribution in [1.29, 1.82) is 0 Å². The van der Waals surface area contributed by atoms with E-state index in [9.17, 15) is 4.39 Å². The van der Waals surface area contributed by atoms with Gasteiger partial charge in [0, 0.05) is 18.3 Å². The standard InChI is InChI=1S/C15H17FN2O/c1-19-15-10-13(5-6-14(15)17)18-8-7-11-3-2-4-12(16)9-11/h2-6,9-10,18H,7-8,17H2,1H3. The molecule has 2 rings (SSSR count). The van der Waals surface area contributed by atoms with Crippen molar-refractivity contribution in [2.75, 3.05) is 24.7 Å². The lowest BCUT2D eigenvalue weighted by molar-refractivity contribution is 0.417. The van der Waals surface area contributed by atoms with Gasteiger partial charge in [0.15, 0.2) is 0 Å². The van der Waals surface area contributed by atoms with Gasteiger partial charge in [-0.3, -0.25) is 0 Å². The molecule has 2 aromatic carbocycles. The molecule has 4 heteroatoms. The largest absolute Gasteiger partial charge is 0.495 e. The van der Waals surface area contributed by atoms with E-state index in [0.29, 0.717) is 11.4 Å². The molecule has 0 aliphatic heterocycles. The number of nitrogens with two attached hydrogens (primary N) is 1. The van der Waals surface area contributed by atoms with E-state index in [1.165, 1.54) is 6.07 Å². The SMILES string of the molecule is COc1cc(NCCc2cccc(F)c2)ccc1N. The number of hydrogen-bond donors (Lipinski definition) is 2. The molecule has 3 nitrogen and oxygen atoms in total. The highest BCUT2D eigenvalue weighted by atomic mass is 19.1. The minimum absolute atomic E-state index is 0.202. The van der Waals surface area contributed by atoms with Gasteiger partial charge in [-0.25, -0.2) is 4.39 Å². The van der Waals surface area contributed by atoms with Crippen molar-refractivity contribution in [2.24, 2.45) is 0 Å². The van der Waals surface area contributed by atoms with Gasteiger partial charge in [-0.1, -0.05) is 12.1 Å². The van der Waals surface area contributed by atoms with Gasteiger partial charge in [-0.05, 0) is 36.2 Å². The van der Waals surface area contributed by atoms with E-state index in [1.54, 1.807) is 25.3 Å². The Labute approximate surface area is 112 Å². The van der Waals surface area contributed by atoms with Crippen molar-refractivity contribution in [3.63, 3.8) is 0 Å². The van der Waals surface area contributed by atoms with Gasteiger partial charge in [-0.2, -0.15) is 0 Å². The van der Waals surface area contributed by atoms with Crippen LogP contribution in [0.15, 0.2) is 42.5 Å². The van der Waals surface area contributed by atoms with E-state index in [0.717, 1.165) is 24.2 Å². The summed E-state index contributed by atoms with van der Waals surface area (Å²) >= 11 is 0. The Morgan fingerprint density at radius 3 is 2.79 bits per heavy atom. The summed E-state index contributed by atoms with van der Waals surface area (Å²) in [6.45, 7) is 0.719. The zero-order valence-corrected chi connectivity index (χ0v) is 10.8. The van der Waals surface area contributed by atoms with Crippen LogP contribution in [-0.4, -0.2) is 13.7 Å². The average molecular weight is 260 g/mol. The summed E-state index contributed by atoms with van der Waals surface area (Å²) in [5, 5.41) is 3.26. The normalized spacial score (nSPS) is 10.2. The smallest absolute Gasteiger partial charge is 0.143 e. The Bertz CT molecular complexity index is 558. The summed E-state index contributed by atoms with van der Waals surface area (Å²) in [5.41, 5.74) is 8.25. The van der Waals surface area contributed by atoms with Crippen LogP contribution in [0.25, 0.3) is 0 Å². The summed E-state index contributed by atoms with van der Waals surface area (Å²) in [5.74, 6) is 0.447. The van der Waals surface area contributed by atoms with Crippen molar-refractivity contribution in [2.45, 2.75) is 6.42 Å². The maximum Gasteiger partial charge on any atom is 0.143 e. The van der Waals surface area contributed by atoms with Crippen LogP contribution in [0.2, 0.25) is 0 Å². The number of rotatable bonds is 5. The second-order valence-corrected chi connectivity index (χ2v) is 4.26. The van der Waals surface area contributed by atoms with Gasteiger partial charge in [0.25, 0.3) is 0 Å². The quantitative estimate of drug-likeness (QED) is 0.812. The highest BCUT2D eigenvalue weighted by Gasteiger charge is 2.01. The van der Waals surface area contributed by atoms with Crippen LogP contribution in [0, 0.1) is 5.82 Å². The molecule has 0 aliphatic carbocycles. The number of methoxy groups -OCH3 is 1.